The number of ether oxygens (including phenoxy) is 2. The molecule has 0 radical (unpaired) electrons. The number of nitro groups is 4. The smallest absolute Gasteiger partial charge is 0.270 e. The summed E-state index contributed by atoms with van der Waals surface area (Å²) in [6, 6.07) is 29.5. The van der Waals surface area contributed by atoms with Crippen LogP contribution in [0.1, 0.15) is 103 Å². The summed E-state index contributed by atoms with van der Waals surface area (Å²) in [4.78, 5) is 95.1. The minimum Gasteiger partial charge on any atom is -0.747 e. The number of allylic oxidation sites excluding steroid dienone is 24. The van der Waals surface area contributed by atoms with Crippen molar-refractivity contribution in [2.24, 2.45) is 0 Å². The van der Waals surface area contributed by atoms with Gasteiger partial charge in [-0.2, -0.15) is 0 Å². The molecule has 0 bridgehead atoms. The van der Waals surface area contributed by atoms with E-state index in [2.05, 4.69) is 0 Å². The average Bonchev–Trinajstić information content (AvgIpc) is 1.54. The maximum atomic E-state index is 12.0. The van der Waals surface area contributed by atoms with E-state index in [9.17, 15) is 95.8 Å². The zero-order chi connectivity index (χ0) is 80.2. The number of hydrogen-bond donors (Lipinski definition) is 0. The highest BCUT2D eigenvalue weighted by Crippen LogP contribution is 2.58. The Morgan fingerprint density at radius 3 is 1.20 bits per heavy atom. The Balaban J connectivity index is 0.000000145. The quantitative estimate of drug-likeness (QED) is 0.0492. The Morgan fingerprint density at radius 2 is 0.809 bits per heavy atom. The van der Waals surface area contributed by atoms with E-state index in [1.807, 2.05) is 134 Å². The third-order valence-corrected chi connectivity index (χ3v) is 22.0. The number of para-hydroxylation sites is 4. The number of rotatable bonds is 14. The van der Waals surface area contributed by atoms with E-state index in [4.69, 9.17) is 9.47 Å². The number of nitrogens with zero attached hydrogens (tertiary/aromatic N) is 8. The van der Waals surface area contributed by atoms with E-state index < -0.39 is 97.6 Å². The highest BCUT2D eigenvalue weighted by Gasteiger charge is 2.61. The molecule has 4 aromatic carbocycles. The molecule has 30 nitrogen and oxygen atoms in total. The topological polar surface area (TPSA) is 433 Å². The first kappa shape index (κ1) is 78.8. The van der Waals surface area contributed by atoms with Crippen LogP contribution in [0.2, 0.25) is 0 Å². The van der Waals surface area contributed by atoms with E-state index in [0.29, 0.717) is 58.3 Å². The number of hydrogen-bond acceptors (Lipinski definition) is 26. The molecule has 0 unspecified atom stereocenters. The molecule has 0 aromatic heterocycles. The number of fused-ring (bicyclic) bond motifs is 4. The molecule has 0 fully saturated rings. The lowest BCUT2D eigenvalue weighted by Gasteiger charge is -2.48. The van der Waals surface area contributed by atoms with Gasteiger partial charge in [0.25, 0.3) is 11.4 Å². The molecule has 572 valence electrons. The van der Waals surface area contributed by atoms with Crippen LogP contribution in [-0.2, 0) is 70.5 Å². The average molecular weight is 1540 g/mol. The van der Waals surface area contributed by atoms with Crippen LogP contribution in [0, 0.1) is 40.5 Å². The molecule has 110 heavy (non-hydrogen) atoms. The standard InChI is InChI=1S/C20H20N2O5.C20H18N2O5.C19H20N2O6S.C19H18N2O6S/c1-19(2)15-5-3-4-6-16(15)21(12-18(23)24)20(19)10-9-13-11-14(22(25)26)7-8-17(13)27-20;1-20(2)15-5-3-4-6-16(15)21(12-19(24)25)18(20)10-7-13-11-14(22(26)27)8-9-17(13)23;1-18(2)15-5-3-4-6-16(15)20(12-28(24,25)26)19(18)10-9-13-11-14(21(22)23)7-8-17(13)27-19;1-19(2)15-5-3-4-6-16(15)20(12-28(25,26)27)18(19)10-7-13-11-14(21(23)24)8-9-17(13)22/h3-6,9-11H,7-8,12H2,1-2H3,(H,23,24);3-11H,12H2,1-2H3,(H,24,25);3-6,9-11H,7-8,12H2,1-2H3,(H,24,25,26);3-11H,12H2,1-2H3,(H,25,26,27)/p-4/t20-;;19-;/m1.1./s1. The van der Waals surface area contributed by atoms with Gasteiger partial charge in [-0.3, -0.25) is 50.0 Å². The highest BCUT2D eigenvalue weighted by molar-refractivity contribution is 7.86. The molecule has 0 saturated carbocycles. The predicted molar refractivity (Wildman–Crippen MR) is 396 cm³/mol. The number of ketones is 2. The first-order valence-electron chi connectivity index (χ1n) is 34.2. The van der Waals surface area contributed by atoms with Crippen molar-refractivity contribution in [1.82, 2.24) is 0 Å². The van der Waals surface area contributed by atoms with Crippen molar-refractivity contribution in [2.75, 3.05) is 44.4 Å². The Hall–Kier alpha value is -12.3. The summed E-state index contributed by atoms with van der Waals surface area (Å²) in [5.74, 6) is -3.47. The summed E-state index contributed by atoms with van der Waals surface area (Å²) >= 11 is 0. The Morgan fingerprint density at radius 1 is 0.445 bits per heavy atom. The van der Waals surface area contributed by atoms with Crippen molar-refractivity contribution >= 4 is 66.5 Å². The van der Waals surface area contributed by atoms with Gasteiger partial charge >= 0.3 is 0 Å². The fourth-order valence-corrected chi connectivity index (χ4v) is 16.6. The molecule has 0 saturated heterocycles. The second-order valence-corrected chi connectivity index (χ2v) is 31.7. The summed E-state index contributed by atoms with van der Waals surface area (Å²) < 4.78 is 82.1. The van der Waals surface area contributed by atoms with Gasteiger partial charge in [0.1, 0.15) is 43.5 Å². The normalized spacial score (nSPS) is 23.0. The van der Waals surface area contributed by atoms with Crippen LogP contribution >= 0.6 is 0 Å². The summed E-state index contributed by atoms with van der Waals surface area (Å²) in [7, 11) is -9.15. The second-order valence-electron chi connectivity index (χ2n) is 28.9. The maximum absolute atomic E-state index is 12.0. The molecule has 4 aromatic rings. The number of carboxylic acid groups (broad SMARTS) is 2. The largest absolute Gasteiger partial charge is 0.747 e. The van der Waals surface area contributed by atoms with Crippen molar-refractivity contribution in [3.8, 4) is 0 Å². The van der Waals surface area contributed by atoms with E-state index in [1.165, 1.54) is 46.3 Å². The minimum atomic E-state index is -4.58. The van der Waals surface area contributed by atoms with Crippen LogP contribution in [0.4, 0.5) is 22.7 Å². The number of benzene rings is 4. The van der Waals surface area contributed by atoms with Crippen LogP contribution in [0.5, 0.6) is 0 Å². The highest BCUT2D eigenvalue weighted by atomic mass is 32.2. The molecular weight excluding hydrogens is 1470 g/mol. The Bertz CT molecular complexity index is 5390. The van der Waals surface area contributed by atoms with Crippen LogP contribution < -0.4 is 29.8 Å². The van der Waals surface area contributed by atoms with E-state index in [1.54, 1.807) is 58.4 Å². The summed E-state index contributed by atoms with van der Waals surface area (Å²) in [6.07, 6.45) is 24.3. The lowest BCUT2D eigenvalue weighted by Crippen LogP contribution is -2.59. The molecule has 6 aliphatic heterocycles. The lowest BCUT2D eigenvalue weighted by atomic mass is 9.76. The Kier molecular flexibility index (Phi) is 21.0. The van der Waals surface area contributed by atoms with Gasteiger partial charge in [0.2, 0.25) is 22.8 Å². The molecule has 32 heteroatoms. The number of carbonyl (C=O) groups is 4. The van der Waals surface area contributed by atoms with Gasteiger partial charge < -0.3 is 58.0 Å². The molecule has 10 aliphatic rings. The molecule has 14 rings (SSSR count). The van der Waals surface area contributed by atoms with Crippen molar-refractivity contribution in [1.29, 1.82) is 0 Å². The van der Waals surface area contributed by atoms with Gasteiger partial charge in [0.15, 0.2) is 11.6 Å². The molecule has 2 spiro atoms. The molecule has 6 heterocycles. The Labute approximate surface area is 631 Å². The van der Waals surface area contributed by atoms with Crippen LogP contribution in [0.15, 0.2) is 262 Å². The summed E-state index contributed by atoms with van der Waals surface area (Å²) in [5, 5.41) is 66.8. The lowest BCUT2D eigenvalue weighted by molar-refractivity contribution is -0.428. The molecule has 2 atom stereocenters. The van der Waals surface area contributed by atoms with Gasteiger partial charge in [-0.1, -0.05) is 100 Å². The fraction of sp³-hybridized carbons (Fsp3) is 0.282. The van der Waals surface area contributed by atoms with Crippen molar-refractivity contribution in [2.45, 2.75) is 114 Å². The number of carboxylic acids is 2. The first-order chi connectivity index (χ1) is 51.5. The van der Waals surface area contributed by atoms with Gasteiger partial charge in [0.05, 0.1) is 55.6 Å². The van der Waals surface area contributed by atoms with Crippen molar-refractivity contribution < 1.29 is 84.5 Å². The van der Waals surface area contributed by atoms with Gasteiger partial charge in [-0.25, -0.2) is 16.8 Å². The predicted octanol–water partition coefficient (Wildman–Crippen LogP) is 8.84. The third kappa shape index (κ3) is 15.0. The number of carbonyl (C=O) groups excluding carboxylic acids is 4. The monoisotopic (exact) mass is 1540 g/mol. The minimum absolute atomic E-state index is 0.0957. The molecule has 0 amide bonds. The van der Waals surface area contributed by atoms with Gasteiger partial charge in [-0.05, 0) is 135 Å². The molecule has 0 N–H and O–H groups in total. The zero-order valence-electron chi connectivity index (χ0n) is 60.5. The van der Waals surface area contributed by atoms with Crippen molar-refractivity contribution in [3.63, 3.8) is 0 Å². The van der Waals surface area contributed by atoms with Crippen LogP contribution in [-0.4, -0.2) is 105 Å². The van der Waals surface area contributed by atoms with Gasteiger partial charge in [-0.15, -0.1) is 0 Å². The molecular formula is C78H72N8O22S2-4. The van der Waals surface area contributed by atoms with Crippen LogP contribution in [0.3, 0.4) is 0 Å². The SMILES string of the molecule is CC1(C)C(=CC=C2C=C([N+](=O)[O-])C=CC2=O)N(CC(=O)[O-])c2ccccc21.CC1(C)C(=CC=C2C=C([N+](=O)[O-])C=CC2=O)N(CS(=O)(=O)[O-])c2ccccc21.CC1(C)c2ccccc2N(CC(=O)[O-])[C@@]12C=CC1=C(CCC([N+](=O)[O-])=C1)O2.CC1(C)c2ccccc2N(CS(=O)(=O)[O-])[C@@]12C=CC1=C(CCC([N+](=O)[O-])=C1)O2. The molecule has 4 aliphatic carbocycles. The van der Waals surface area contributed by atoms with E-state index in [0.717, 1.165) is 64.0 Å². The van der Waals surface area contributed by atoms with Crippen molar-refractivity contribution in [3.05, 3.63) is 325 Å². The zero-order valence-corrected chi connectivity index (χ0v) is 62.1. The van der Waals surface area contributed by atoms with E-state index in [-0.39, 0.29) is 70.6 Å². The number of aliphatic carboxylic acids is 2. The van der Waals surface area contributed by atoms with E-state index >= 15 is 0 Å². The fourth-order valence-electron chi connectivity index (χ4n) is 15.4. The third-order valence-electron chi connectivity index (χ3n) is 20.8. The van der Waals surface area contributed by atoms with Gasteiger partial charge in [0, 0.05) is 129 Å². The maximum Gasteiger partial charge on any atom is 0.270 e. The van der Waals surface area contributed by atoms with Crippen LogP contribution in [0.25, 0.3) is 0 Å². The summed E-state index contributed by atoms with van der Waals surface area (Å²) in [5.41, 5.74) is 4.33. The number of anilines is 4. The second kappa shape index (κ2) is 29.4. The first-order valence-corrected chi connectivity index (χ1v) is 37.4. The summed E-state index contributed by atoms with van der Waals surface area (Å²) in [6.45, 7) is 14.9.